The molecule has 1 N–H and O–H groups in total. The molecule has 0 aliphatic carbocycles. The highest BCUT2D eigenvalue weighted by Gasteiger charge is 2.13. The summed E-state index contributed by atoms with van der Waals surface area (Å²) in [7, 11) is 0. The third kappa shape index (κ3) is 5.15. The Kier molecular flexibility index (Phi) is 6.24. The maximum absolute atomic E-state index is 13.8. The van der Waals surface area contributed by atoms with Crippen molar-refractivity contribution < 1.29 is 18.7 Å². The molecule has 0 spiro atoms. The van der Waals surface area contributed by atoms with E-state index >= 15 is 0 Å². The van der Waals surface area contributed by atoms with Crippen LogP contribution >= 0.6 is 0 Å². The zero-order valence-corrected chi connectivity index (χ0v) is 13.7. The molecule has 2 rings (SSSR count). The standard InChI is InChI=1S/C19H17FN2O3/c1-2-3-4-18(23)25-15-8-6-14(7-9-15)22-19(24)16-10-5-13(12-21)11-17(16)20/h5-11H,2-4H2,1H3,(H,22,24). The fourth-order valence-electron chi connectivity index (χ4n) is 2.08. The molecule has 0 saturated carbocycles. The maximum atomic E-state index is 13.8. The second-order valence-corrected chi connectivity index (χ2v) is 5.36. The van der Waals surface area contributed by atoms with Gasteiger partial charge in [-0.3, -0.25) is 9.59 Å². The van der Waals surface area contributed by atoms with Crippen LogP contribution in [0.5, 0.6) is 5.75 Å². The van der Waals surface area contributed by atoms with Gasteiger partial charge in [-0.15, -0.1) is 0 Å². The molecule has 0 radical (unpaired) electrons. The van der Waals surface area contributed by atoms with Gasteiger partial charge >= 0.3 is 5.97 Å². The second kappa shape index (κ2) is 8.60. The van der Waals surface area contributed by atoms with Crippen LogP contribution in [0.25, 0.3) is 0 Å². The summed E-state index contributed by atoms with van der Waals surface area (Å²) in [5.41, 5.74) is 0.416. The fraction of sp³-hybridized carbons (Fsp3) is 0.211. The van der Waals surface area contributed by atoms with Gasteiger partial charge in [0, 0.05) is 12.1 Å². The number of anilines is 1. The van der Waals surface area contributed by atoms with Crippen LogP contribution in [0.1, 0.15) is 42.1 Å². The number of carbonyl (C=O) groups is 2. The fourth-order valence-corrected chi connectivity index (χ4v) is 2.08. The lowest BCUT2D eigenvalue weighted by Crippen LogP contribution is -2.14. The zero-order valence-electron chi connectivity index (χ0n) is 13.7. The molecule has 25 heavy (non-hydrogen) atoms. The maximum Gasteiger partial charge on any atom is 0.311 e. The van der Waals surface area contributed by atoms with Crippen molar-refractivity contribution in [1.29, 1.82) is 5.26 Å². The van der Waals surface area contributed by atoms with Crippen LogP contribution < -0.4 is 10.1 Å². The van der Waals surface area contributed by atoms with E-state index in [4.69, 9.17) is 10.00 Å². The molecule has 2 aromatic rings. The highest BCUT2D eigenvalue weighted by molar-refractivity contribution is 6.04. The Morgan fingerprint density at radius 3 is 2.52 bits per heavy atom. The SMILES string of the molecule is CCCCC(=O)Oc1ccc(NC(=O)c2ccc(C#N)cc2F)cc1. The molecule has 128 valence electrons. The molecule has 5 nitrogen and oxygen atoms in total. The Labute approximate surface area is 145 Å². The van der Waals surface area contributed by atoms with Gasteiger partial charge < -0.3 is 10.1 Å². The van der Waals surface area contributed by atoms with Crippen LogP contribution in [0.2, 0.25) is 0 Å². The van der Waals surface area contributed by atoms with Gasteiger partial charge in [0.25, 0.3) is 5.91 Å². The Balaban J connectivity index is 2.00. The zero-order chi connectivity index (χ0) is 18.2. The normalized spacial score (nSPS) is 9.96. The number of halogens is 1. The summed E-state index contributed by atoms with van der Waals surface area (Å²) in [6.07, 6.45) is 2.03. The van der Waals surface area contributed by atoms with Gasteiger partial charge in [-0.25, -0.2) is 4.39 Å². The molecule has 0 aliphatic rings. The van der Waals surface area contributed by atoms with E-state index in [1.807, 2.05) is 6.92 Å². The first-order chi connectivity index (χ1) is 12.0. The Morgan fingerprint density at radius 2 is 1.92 bits per heavy atom. The number of nitrogens with zero attached hydrogens (tertiary/aromatic N) is 1. The van der Waals surface area contributed by atoms with Crippen LogP contribution in [0.3, 0.4) is 0 Å². The van der Waals surface area contributed by atoms with Gasteiger partial charge in [0.1, 0.15) is 11.6 Å². The monoisotopic (exact) mass is 340 g/mol. The quantitative estimate of drug-likeness (QED) is 0.635. The first-order valence-electron chi connectivity index (χ1n) is 7.85. The number of nitriles is 1. The Morgan fingerprint density at radius 1 is 1.20 bits per heavy atom. The van der Waals surface area contributed by atoms with Crippen molar-refractivity contribution >= 4 is 17.6 Å². The second-order valence-electron chi connectivity index (χ2n) is 5.36. The van der Waals surface area contributed by atoms with E-state index in [1.165, 1.54) is 12.1 Å². The van der Waals surface area contributed by atoms with Gasteiger partial charge in [-0.2, -0.15) is 5.26 Å². The number of hydrogen-bond acceptors (Lipinski definition) is 4. The summed E-state index contributed by atoms with van der Waals surface area (Å²) in [4.78, 5) is 23.6. The minimum absolute atomic E-state index is 0.142. The van der Waals surface area contributed by atoms with E-state index in [0.717, 1.165) is 18.9 Å². The van der Waals surface area contributed by atoms with Crippen LogP contribution in [-0.2, 0) is 4.79 Å². The molecule has 2 aromatic carbocycles. The van der Waals surface area contributed by atoms with Crippen molar-refractivity contribution in [2.24, 2.45) is 0 Å². The van der Waals surface area contributed by atoms with Crippen molar-refractivity contribution in [2.75, 3.05) is 5.32 Å². The predicted molar refractivity (Wildman–Crippen MR) is 90.7 cm³/mol. The van der Waals surface area contributed by atoms with E-state index in [1.54, 1.807) is 30.3 Å². The molecule has 1 amide bonds. The Bertz CT molecular complexity index is 810. The van der Waals surface area contributed by atoms with Crippen LogP contribution in [0.4, 0.5) is 10.1 Å². The van der Waals surface area contributed by atoms with E-state index in [9.17, 15) is 14.0 Å². The lowest BCUT2D eigenvalue weighted by Gasteiger charge is -2.08. The molecule has 6 heteroatoms. The number of nitrogens with one attached hydrogen (secondary N) is 1. The van der Waals surface area contributed by atoms with E-state index in [2.05, 4.69) is 5.32 Å². The number of unbranched alkanes of at least 4 members (excludes halogenated alkanes) is 1. The summed E-state index contributed by atoms with van der Waals surface area (Å²) in [6, 6.07) is 11.7. The molecule has 0 saturated heterocycles. The number of amides is 1. The third-order valence-electron chi connectivity index (χ3n) is 3.42. The number of hydrogen-bond donors (Lipinski definition) is 1. The van der Waals surface area contributed by atoms with E-state index < -0.39 is 11.7 Å². The molecule has 0 atom stereocenters. The van der Waals surface area contributed by atoms with Crippen molar-refractivity contribution in [3.63, 3.8) is 0 Å². The minimum atomic E-state index is -0.766. The topological polar surface area (TPSA) is 79.2 Å². The highest BCUT2D eigenvalue weighted by Crippen LogP contribution is 2.18. The number of carbonyl (C=O) groups excluding carboxylic acids is 2. The molecular formula is C19H17FN2O3. The van der Waals surface area contributed by atoms with Gasteiger partial charge in [-0.05, 0) is 48.9 Å². The van der Waals surface area contributed by atoms with Crippen LogP contribution in [0.15, 0.2) is 42.5 Å². The average molecular weight is 340 g/mol. The lowest BCUT2D eigenvalue weighted by molar-refractivity contribution is -0.134. The van der Waals surface area contributed by atoms with Crippen LogP contribution in [0, 0.1) is 17.1 Å². The van der Waals surface area contributed by atoms with Crippen molar-refractivity contribution in [3.8, 4) is 11.8 Å². The van der Waals surface area contributed by atoms with Gasteiger partial charge in [-0.1, -0.05) is 13.3 Å². The minimum Gasteiger partial charge on any atom is -0.427 e. The molecule has 0 unspecified atom stereocenters. The molecule has 0 aliphatic heterocycles. The number of esters is 1. The molecule has 0 heterocycles. The third-order valence-corrected chi connectivity index (χ3v) is 3.42. The van der Waals surface area contributed by atoms with E-state index in [0.29, 0.717) is 17.9 Å². The summed E-state index contributed by atoms with van der Waals surface area (Å²) in [6.45, 7) is 1.99. The molecule has 0 fully saturated rings. The number of benzene rings is 2. The van der Waals surface area contributed by atoms with Crippen LogP contribution in [-0.4, -0.2) is 11.9 Å². The first kappa shape index (κ1) is 18.1. The summed E-state index contributed by atoms with van der Waals surface area (Å²) in [5.74, 6) is -1.32. The molecule has 0 aromatic heterocycles. The largest absolute Gasteiger partial charge is 0.427 e. The van der Waals surface area contributed by atoms with Crippen molar-refractivity contribution in [2.45, 2.75) is 26.2 Å². The highest BCUT2D eigenvalue weighted by atomic mass is 19.1. The number of ether oxygens (including phenoxy) is 1. The lowest BCUT2D eigenvalue weighted by atomic mass is 10.1. The smallest absolute Gasteiger partial charge is 0.311 e. The summed E-state index contributed by atoms with van der Waals surface area (Å²) < 4.78 is 19.0. The summed E-state index contributed by atoms with van der Waals surface area (Å²) in [5, 5.41) is 11.3. The van der Waals surface area contributed by atoms with Gasteiger partial charge in [0.05, 0.1) is 17.2 Å². The first-order valence-corrected chi connectivity index (χ1v) is 7.85. The van der Waals surface area contributed by atoms with Gasteiger partial charge in [0.2, 0.25) is 0 Å². The summed E-state index contributed by atoms with van der Waals surface area (Å²) >= 11 is 0. The Hall–Kier alpha value is -3.20. The van der Waals surface area contributed by atoms with Crippen molar-refractivity contribution in [1.82, 2.24) is 0 Å². The van der Waals surface area contributed by atoms with Crippen molar-refractivity contribution in [3.05, 3.63) is 59.4 Å². The number of rotatable bonds is 6. The molecular weight excluding hydrogens is 323 g/mol. The predicted octanol–water partition coefficient (Wildman–Crippen LogP) is 4.05. The molecule has 0 bridgehead atoms. The average Bonchev–Trinajstić information content (AvgIpc) is 2.61. The van der Waals surface area contributed by atoms with Gasteiger partial charge in [0.15, 0.2) is 0 Å². The van der Waals surface area contributed by atoms with E-state index in [-0.39, 0.29) is 17.1 Å².